The zero-order chi connectivity index (χ0) is 10.1. The van der Waals surface area contributed by atoms with Crippen LogP contribution in [0.2, 0.25) is 0 Å². The fourth-order valence-corrected chi connectivity index (χ4v) is 1.50. The van der Waals surface area contributed by atoms with Gasteiger partial charge in [-0.2, -0.15) is 0 Å². The number of fused-ring (bicyclic) bond motifs is 1. The summed E-state index contributed by atoms with van der Waals surface area (Å²) in [5.74, 6) is 0.149. The third-order valence-electron chi connectivity index (χ3n) is 2.25. The van der Waals surface area contributed by atoms with Crippen molar-refractivity contribution in [3.8, 4) is 0 Å². The molecule has 1 aliphatic heterocycles. The lowest BCUT2D eigenvalue weighted by Gasteiger charge is -2.24. The van der Waals surface area contributed by atoms with Crippen molar-refractivity contribution < 1.29 is 14.9 Å². The molecule has 1 heterocycles. The van der Waals surface area contributed by atoms with E-state index in [0.29, 0.717) is 11.3 Å². The Bertz CT molecular complexity index is 375. The quantitative estimate of drug-likeness (QED) is 0.639. The molecular weight excluding hydrogens is 182 g/mol. The van der Waals surface area contributed by atoms with Gasteiger partial charge in [-0.1, -0.05) is 18.2 Å². The van der Waals surface area contributed by atoms with E-state index in [1.807, 2.05) is 6.07 Å². The summed E-state index contributed by atoms with van der Waals surface area (Å²) in [6.45, 7) is 0. The Morgan fingerprint density at radius 2 is 1.93 bits per heavy atom. The van der Waals surface area contributed by atoms with Gasteiger partial charge in [0.25, 0.3) is 0 Å². The van der Waals surface area contributed by atoms with E-state index in [9.17, 15) is 10.2 Å². The second-order valence-electron chi connectivity index (χ2n) is 3.10. The predicted octanol–water partition coefficient (Wildman–Crippen LogP) is 0.771. The largest absolute Gasteiger partial charge is 0.482 e. The summed E-state index contributed by atoms with van der Waals surface area (Å²) in [5.41, 5.74) is 1.27. The fraction of sp³-hybridized carbons (Fsp3) is 0.300. The molecule has 0 fully saturated rings. The third kappa shape index (κ3) is 1.29. The minimum atomic E-state index is -1.07. The Morgan fingerprint density at radius 1 is 1.21 bits per heavy atom. The molecule has 2 rings (SSSR count). The normalized spacial score (nSPS) is 25.2. The molecule has 0 saturated heterocycles. The highest BCUT2D eigenvalue weighted by Crippen LogP contribution is 2.32. The number of para-hydroxylation sites is 1. The first kappa shape index (κ1) is 9.18. The first-order valence-electron chi connectivity index (χ1n) is 4.31. The number of methoxy groups -OCH3 is 1. The number of aliphatic hydroxyl groups excluding tert-OH is 2. The van der Waals surface area contributed by atoms with E-state index in [1.165, 1.54) is 7.11 Å². The van der Waals surface area contributed by atoms with Crippen LogP contribution >= 0.6 is 0 Å². The zero-order valence-electron chi connectivity index (χ0n) is 7.71. The highest BCUT2D eigenvalue weighted by molar-refractivity contribution is 5.86. The lowest BCUT2D eigenvalue weighted by molar-refractivity contribution is 0.0449. The first-order chi connectivity index (χ1) is 6.74. The third-order valence-corrected chi connectivity index (χ3v) is 2.25. The second-order valence-corrected chi connectivity index (χ2v) is 3.10. The van der Waals surface area contributed by atoms with Crippen molar-refractivity contribution in [3.63, 3.8) is 0 Å². The first-order valence-corrected chi connectivity index (χ1v) is 4.31. The maximum absolute atomic E-state index is 9.72. The molecule has 4 heteroatoms. The van der Waals surface area contributed by atoms with Crippen molar-refractivity contribution in [2.24, 2.45) is 4.99 Å². The lowest BCUT2D eigenvalue weighted by atomic mass is 9.99. The molecule has 2 N–H and O–H groups in total. The number of rotatable bonds is 0. The molecular formula is C10H11NO3. The van der Waals surface area contributed by atoms with Crippen molar-refractivity contribution in [2.75, 3.05) is 7.11 Å². The van der Waals surface area contributed by atoms with Crippen LogP contribution in [0.15, 0.2) is 29.3 Å². The zero-order valence-corrected chi connectivity index (χ0v) is 7.71. The van der Waals surface area contributed by atoms with E-state index in [2.05, 4.69) is 4.99 Å². The maximum Gasteiger partial charge on any atom is 0.221 e. The summed E-state index contributed by atoms with van der Waals surface area (Å²) in [7, 11) is 1.42. The molecule has 0 aromatic heterocycles. The molecule has 1 aromatic rings. The second kappa shape index (κ2) is 3.40. The van der Waals surface area contributed by atoms with Gasteiger partial charge in [-0.15, -0.1) is 0 Å². The van der Waals surface area contributed by atoms with Crippen LogP contribution in [0.3, 0.4) is 0 Å². The summed E-state index contributed by atoms with van der Waals surface area (Å²) < 4.78 is 4.87. The maximum atomic E-state index is 9.72. The van der Waals surface area contributed by atoms with E-state index >= 15 is 0 Å². The van der Waals surface area contributed by atoms with E-state index in [-0.39, 0.29) is 5.90 Å². The van der Waals surface area contributed by atoms with Gasteiger partial charge in [-0.05, 0) is 6.07 Å². The highest BCUT2D eigenvalue weighted by atomic mass is 16.5. The average Bonchev–Trinajstić information content (AvgIpc) is 2.23. The Kier molecular flexibility index (Phi) is 2.23. The number of nitrogens with zero attached hydrogens (tertiary/aromatic N) is 1. The minimum absolute atomic E-state index is 0.149. The van der Waals surface area contributed by atoms with E-state index < -0.39 is 12.2 Å². The molecule has 0 bridgehead atoms. The number of aliphatic imine (C=N–C) groups is 1. The van der Waals surface area contributed by atoms with Gasteiger partial charge >= 0.3 is 0 Å². The molecule has 1 aromatic carbocycles. The number of benzene rings is 1. The van der Waals surface area contributed by atoms with Crippen molar-refractivity contribution in [1.82, 2.24) is 0 Å². The Morgan fingerprint density at radius 3 is 2.64 bits per heavy atom. The Balaban J connectivity index is 2.51. The summed E-state index contributed by atoms with van der Waals surface area (Å²) in [5, 5.41) is 19.3. The van der Waals surface area contributed by atoms with Crippen LogP contribution < -0.4 is 0 Å². The number of hydrogen-bond donors (Lipinski definition) is 2. The fourth-order valence-electron chi connectivity index (χ4n) is 1.50. The molecule has 0 saturated carbocycles. The molecule has 14 heavy (non-hydrogen) atoms. The monoisotopic (exact) mass is 193 g/mol. The predicted molar refractivity (Wildman–Crippen MR) is 51.5 cm³/mol. The van der Waals surface area contributed by atoms with Crippen molar-refractivity contribution in [1.29, 1.82) is 0 Å². The van der Waals surface area contributed by atoms with Gasteiger partial charge in [0.1, 0.15) is 6.10 Å². The smallest absolute Gasteiger partial charge is 0.221 e. The lowest BCUT2D eigenvalue weighted by Crippen LogP contribution is -2.31. The van der Waals surface area contributed by atoms with Crippen LogP contribution in [0.1, 0.15) is 11.7 Å². The Labute approximate surface area is 81.5 Å². The van der Waals surface area contributed by atoms with Gasteiger partial charge in [0.05, 0.1) is 12.8 Å². The van der Waals surface area contributed by atoms with Crippen LogP contribution in [0.5, 0.6) is 0 Å². The SMILES string of the molecule is COC1=Nc2ccccc2[C@H](O)[C@@H]1O. The molecule has 0 radical (unpaired) electrons. The number of hydrogen-bond acceptors (Lipinski definition) is 4. The topological polar surface area (TPSA) is 62.0 Å². The molecule has 2 atom stereocenters. The molecule has 74 valence electrons. The van der Waals surface area contributed by atoms with Gasteiger partial charge in [-0.25, -0.2) is 4.99 Å². The van der Waals surface area contributed by atoms with Crippen molar-refractivity contribution in [3.05, 3.63) is 29.8 Å². The summed E-state index contributed by atoms with van der Waals surface area (Å²) in [6, 6.07) is 7.12. The molecule has 1 aliphatic rings. The molecule has 4 nitrogen and oxygen atoms in total. The summed E-state index contributed by atoms with van der Waals surface area (Å²) in [6.07, 6.45) is -2.03. The van der Waals surface area contributed by atoms with Gasteiger partial charge in [-0.3, -0.25) is 0 Å². The van der Waals surface area contributed by atoms with E-state index in [0.717, 1.165) is 0 Å². The van der Waals surface area contributed by atoms with Crippen LogP contribution in [0.4, 0.5) is 5.69 Å². The van der Waals surface area contributed by atoms with Crippen LogP contribution in [0.25, 0.3) is 0 Å². The number of aliphatic hydroxyl groups is 2. The van der Waals surface area contributed by atoms with Crippen LogP contribution in [0, 0.1) is 0 Å². The van der Waals surface area contributed by atoms with Crippen LogP contribution in [-0.2, 0) is 4.74 Å². The van der Waals surface area contributed by atoms with E-state index in [4.69, 9.17) is 4.74 Å². The van der Waals surface area contributed by atoms with Gasteiger partial charge in [0, 0.05) is 5.56 Å². The van der Waals surface area contributed by atoms with Gasteiger partial charge < -0.3 is 14.9 Å². The molecule has 0 amide bonds. The van der Waals surface area contributed by atoms with Crippen molar-refractivity contribution >= 4 is 11.6 Å². The van der Waals surface area contributed by atoms with E-state index in [1.54, 1.807) is 18.2 Å². The molecule has 0 unspecified atom stereocenters. The minimum Gasteiger partial charge on any atom is -0.482 e. The summed E-state index contributed by atoms with van der Waals surface area (Å²) in [4.78, 5) is 4.08. The standard InChI is InChI=1S/C10H11NO3/c1-14-10-9(13)8(12)6-4-2-3-5-7(6)11-10/h2-5,8-9,12-13H,1H3/t8-,9-/m0/s1. The van der Waals surface area contributed by atoms with Gasteiger partial charge in [0.2, 0.25) is 5.90 Å². The van der Waals surface area contributed by atoms with Gasteiger partial charge in [0.15, 0.2) is 6.10 Å². The number of ether oxygens (including phenoxy) is 1. The van der Waals surface area contributed by atoms with Crippen molar-refractivity contribution in [2.45, 2.75) is 12.2 Å². The molecule has 0 aliphatic carbocycles. The highest BCUT2D eigenvalue weighted by Gasteiger charge is 2.30. The van der Waals surface area contributed by atoms with Crippen LogP contribution in [-0.4, -0.2) is 29.3 Å². The Hall–Kier alpha value is -1.39. The average molecular weight is 193 g/mol. The molecule has 0 spiro atoms. The summed E-state index contributed by atoms with van der Waals surface area (Å²) >= 11 is 0.